The number of aromatic nitrogens is 2. The summed E-state index contributed by atoms with van der Waals surface area (Å²) in [5.74, 6) is 1.19. The average Bonchev–Trinajstić information content (AvgIpc) is 2.68. The van der Waals surface area contributed by atoms with E-state index < -0.39 is 0 Å². The number of anilines is 1. The fourth-order valence-corrected chi connectivity index (χ4v) is 2.59. The molecule has 8 heteroatoms. The Labute approximate surface area is 164 Å². The Morgan fingerprint density at radius 2 is 1.61 bits per heavy atom. The molecule has 0 saturated carbocycles. The first-order valence-electron chi connectivity index (χ1n) is 8.70. The molecule has 0 unspecified atom stereocenters. The Bertz CT molecular complexity index is 832. The summed E-state index contributed by atoms with van der Waals surface area (Å²) in [5.41, 5.74) is 2.54. The zero-order chi connectivity index (χ0) is 20.7. The molecule has 1 N–H and O–H groups in total. The van der Waals surface area contributed by atoms with E-state index in [1.54, 1.807) is 32.1 Å². The molecule has 1 aromatic carbocycles. The van der Waals surface area contributed by atoms with E-state index in [-0.39, 0.29) is 5.91 Å². The van der Waals surface area contributed by atoms with Crippen LogP contribution in [0.2, 0.25) is 0 Å². The molecule has 0 atom stereocenters. The van der Waals surface area contributed by atoms with Gasteiger partial charge in [0, 0.05) is 6.08 Å². The lowest BCUT2D eigenvalue weighted by Crippen LogP contribution is -2.13. The van der Waals surface area contributed by atoms with Gasteiger partial charge in [0.05, 0.1) is 45.0 Å². The number of amides is 1. The molecule has 150 valence electrons. The van der Waals surface area contributed by atoms with Crippen LogP contribution < -0.4 is 24.3 Å². The Balaban J connectivity index is 2.21. The van der Waals surface area contributed by atoms with E-state index in [2.05, 4.69) is 15.3 Å². The fraction of sp³-hybridized carbons (Fsp3) is 0.350. The summed E-state index contributed by atoms with van der Waals surface area (Å²) in [6.45, 7) is 5.91. The minimum absolute atomic E-state index is 0.295. The number of nitrogens with zero attached hydrogens (tertiary/aromatic N) is 2. The van der Waals surface area contributed by atoms with Gasteiger partial charge < -0.3 is 24.3 Å². The molecule has 0 aliphatic carbocycles. The van der Waals surface area contributed by atoms with Crippen molar-refractivity contribution >= 4 is 17.7 Å². The van der Waals surface area contributed by atoms with Crippen LogP contribution >= 0.6 is 0 Å². The van der Waals surface area contributed by atoms with Crippen LogP contribution in [0.3, 0.4) is 0 Å². The van der Waals surface area contributed by atoms with Crippen LogP contribution in [0.15, 0.2) is 18.2 Å². The molecule has 28 heavy (non-hydrogen) atoms. The van der Waals surface area contributed by atoms with Crippen molar-refractivity contribution in [2.45, 2.75) is 20.8 Å². The van der Waals surface area contributed by atoms with Crippen LogP contribution in [-0.4, -0.2) is 43.8 Å². The molecule has 1 heterocycles. The number of rotatable bonds is 8. The summed E-state index contributed by atoms with van der Waals surface area (Å²) in [6.07, 6.45) is 3.07. The summed E-state index contributed by atoms with van der Waals surface area (Å²) in [5, 5.41) is 2.80. The number of hydrogen-bond donors (Lipinski definition) is 1. The molecular formula is C20H25N3O5. The van der Waals surface area contributed by atoms with E-state index in [1.807, 2.05) is 6.92 Å². The van der Waals surface area contributed by atoms with E-state index in [4.69, 9.17) is 18.9 Å². The Kier molecular flexibility index (Phi) is 7.20. The highest BCUT2D eigenvalue weighted by Gasteiger charge is 2.13. The number of methoxy groups -OCH3 is 3. The molecule has 0 aliphatic heterocycles. The van der Waals surface area contributed by atoms with Crippen molar-refractivity contribution in [3.05, 3.63) is 35.2 Å². The van der Waals surface area contributed by atoms with Gasteiger partial charge in [-0.3, -0.25) is 4.79 Å². The monoisotopic (exact) mass is 387 g/mol. The van der Waals surface area contributed by atoms with Crippen molar-refractivity contribution in [1.29, 1.82) is 0 Å². The maximum Gasteiger partial charge on any atom is 0.316 e. The van der Waals surface area contributed by atoms with Gasteiger partial charge in [-0.25, -0.2) is 0 Å². The summed E-state index contributed by atoms with van der Waals surface area (Å²) < 4.78 is 21.2. The fourth-order valence-electron chi connectivity index (χ4n) is 2.59. The van der Waals surface area contributed by atoms with Gasteiger partial charge in [0.25, 0.3) is 0 Å². The predicted molar refractivity (Wildman–Crippen MR) is 106 cm³/mol. The molecule has 0 bridgehead atoms. The maximum absolute atomic E-state index is 12.4. The van der Waals surface area contributed by atoms with E-state index in [0.29, 0.717) is 46.9 Å². The molecule has 1 aromatic heterocycles. The molecular weight excluding hydrogens is 362 g/mol. The van der Waals surface area contributed by atoms with Gasteiger partial charge in [-0.1, -0.05) is 0 Å². The van der Waals surface area contributed by atoms with Crippen molar-refractivity contribution in [1.82, 2.24) is 9.97 Å². The molecule has 1 amide bonds. The van der Waals surface area contributed by atoms with E-state index in [1.165, 1.54) is 27.4 Å². The second-order valence-electron chi connectivity index (χ2n) is 5.77. The predicted octanol–water partition coefficient (Wildman–Crippen LogP) is 3.17. The van der Waals surface area contributed by atoms with Crippen molar-refractivity contribution in [3.63, 3.8) is 0 Å². The molecule has 8 nitrogen and oxygen atoms in total. The van der Waals surface area contributed by atoms with Crippen LogP contribution in [0.25, 0.3) is 6.08 Å². The number of nitrogens with one attached hydrogen (secondary N) is 1. The van der Waals surface area contributed by atoms with Crippen LogP contribution in [0.1, 0.15) is 23.9 Å². The molecule has 0 aliphatic rings. The third kappa shape index (κ3) is 4.91. The first kappa shape index (κ1) is 21.0. The number of carbonyl (C=O) groups is 1. The Hall–Kier alpha value is -3.29. The van der Waals surface area contributed by atoms with Gasteiger partial charge in [-0.2, -0.15) is 9.97 Å². The highest BCUT2D eigenvalue weighted by molar-refractivity contribution is 6.02. The van der Waals surface area contributed by atoms with Gasteiger partial charge in [0.15, 0.2) is 11.5 Å². The number of carbonyl (C=O) groups excluding carboxylic acids is 1. The van der Waals surface area contributed by atoms with Crippen LogP contribution in [0.5, 0.6) is 23.3 Å². The lowest BCUT2D eigenvalue weighted by Gasteiger charge is -2.13. The summed E-state index contributed by atoms with van der Waals surface area (Å²) in [7, 11) is 4.61. The van der Waals surface area contributed by atoms with Crippen molar-refractivity contribution in [3.8, 4) is 23.3 Å². The normalized spacial score (nSPS) is 10.6. The molecule has 2 aromatic rings. The molecule has 0 spiro atoms. The minimum atomic E-state index is -0.312. The first-order valence-corrected chi connectivity index (χ1v) is 8.70. The third-order valence-electron chi connectivity index (χ3n) is 3.89. The van der Waals surface area contributed by atoms with Crippen LogP contribution in [0, 0.1) is 13.8 Å². The summed E-state index contributed by atoms with van der Waals surface area (Å²) >= 11 is 0. The second kappa shape index (κ2) is 9.59. The van der Waals surface area contributed by atoms with E-state index >= 15 is 0 Å². The van der Waals surface area contributed by atoms with Crippen LogP contribution in [0.4, 0.5) is 5.69 Å². The highest BCUT2D eigenvalue weighted by atomic mass is 16.5. The first-order chi connectivity index (χ1) is 13.4. The number of hydrogen-bond acceptors (Lipinski definition) is 7. The summed E-state index contributed by atoms with van der Waals surface area (Å²) in [6, 6.07) is 3.80. The Morgan fingerprint density at radius 1 is 1.04 bits per heavy atom. The van der Waals surface area contributed by atoms with Crippen molar-refractivity contribution < 1.29 is 23.7 Å². The average molecular weight is 387 g/mol. The smallest absolute Gasteiger partial charge is 0.316 e. The maximum atomic E-state index is 12.4. The lowest BCUT2D eigenvalue weighted by atomic mass is 10.1. The molecule has 2 rings (SSSR count). The van der Waals surface area contributed by atoms with E-state index in [9.17, 15) is 4.79 Å². The standard InChI is InChI=1S/C20H25N3O5/c1-7-28-20-21-12(2)18(13(3)22-20)23-17(24)9-8-14-10-15(25-4)19(27-6)16(11-14)26-5/h8-11H,7H2,1-6H3,(H,23,24)/b9-8+. The largest absolute Gasteiger partial charge is 0.493 e. The molecule has 0 saturated heterocycles. The van der Waals surface area contributed by atoms with Gasteiger partial charge in [-0.15, -0.1) is 0 Å². The number of ether oxygens (including phenoxy) is 4. The van der Waals surface area contributed by atoms with Gasteiger partial charge in [0.1, 0.15) is 0 Å². The second-order valence-corrected chi connectivity index (χ2v) is 5.77. The molecule has 0 radical (unpaired) electrons. The topological polar surface area (TPSA) is 91.8 Å². The minimum Gasteiger partial charge on any atom is -0.493 e. The Morgan fingerprint density at radius 3 is 2.07 bits per heavy atom. The van der Waals surface area contributed by atoms with Crippen molar-refractivity contribution in [2.24, 2.45) is 0 Å². The zero-order valence-corrected chi connectivity index (χ0v) is 17.0. The van der Waals surface area contributed by atoms with Gasteiger partial charge in [-0.05, 0) is 44.5 Å². The highest BCUT2D eigenvalue weighted by Crippen LogP contribution is 2.38. The van der Waals surface area contributed by atoms with Crippen molar-refractivity contribution in [2.75, 3.05) is 33.3 Å². The number of aryl methyl sites for hydroxylation is 2. The van der Waals surface area contributed by atoms with Crippen LogP contribution in [-0.2, 0) is 4.79 Å². The molecule has 0 fully saturated rings. The van der Waals surface area contributed by atoms with Gasteiger partial charge >= 0.3 is 6.01 Å². The SMILES string of the molecule is CCOc1nc(C)c(NC(=O)/C=C/c2cc(OC)c(OC)c(OC)c2)c(C)n1. The lowest BCUT2D eigenvalue weighted by molar-refractivity contribution is -0.111. The van der Waals surface area contributed by atoms with E-state index in [0.717, 1.165) is 5.56 Å². The van der Waals surface area contributed by atoms with Gasteiger partial charge in [0.2, 0.25) is 11.7 Å². The zero-order valence-electron chi connectivity index (χ0n) is 17.0. The number of benzene rings is 1. The third-order valence-corrected chi connectivity index (χ3v) is 3.89. The quantitative estimate of drug-likeness (QED) is 0.696. The summed E-state index contributed by atoms with van der Waals surface area (Å²) in [4.78, 5) is 20.8.